The molecule has 2 aromatic rings. The molecule has 0 fully saturated rings. The van der Waals surface area contributed by atoms with Crippen molar-refractivity contribution in [2.75, 3.05) is 12.4 Å². The molecule has 0 aliphatic rings. The first-order valence-electron chi connectivity index (χ1n) is 5.58. The molecule has 0 atom stereocenters. The number of rotatable bonds is 4. The molecule has 1 amide bonds. The molecule has 94 valence electrons. The topological polar surface area (TPSA) is 71.8 Å². The van der Waals surface area contributed by atoms with Crippen LogP contribution in [-0.4, -0.2) is 27.7 Å². The molecule has 18 heavy (non-hydrogen) atoms. The van der Waals surface area contributed by atoms with E-state index in [9.17, 15) is 4.79 Å². The number of carbonyl (C=O) groups excluding carboxylic acids is 1. The quantitative estimate of drug-likeness (QED) is 0.835. The van der Waals surface area contributed by atoms with Crippen LogP contribution >= 0.6 is 0 Å². The Bertz CT molecular complexity index is 549. The van der Waals surface area contributed by atoms with Crippen LogP contribution in [0.5, 0.6) is 0 Å². The molecular formula is C12H15N5O. The third-order valence-electron chi connectivity index (χ3n) is 2.47. The van der Waals surface area contributed by atoms with Crippen LogP contribution < -0.4 is 10.6 Å². The first-order chi connectivity index (χ1) is 8.69. The molecule has 6 heteroatoms. The Kier molecular flexibility index (Phi) is 3.57. The third kappa shape index (κ3) is 2.85. The Hall–Kier alpha value is -2.37. The fourth-order valence-electron chi connectivity index (χ4n) is 1.56. The second-order valence-electron chi connectivity index (χ2n) is 3.88. The fraction of sp³-hybridized carbons (Fsp3) is 0.250. The van der Waals surface area contributed by atoms with E-state index in [0.29, 0.717) is 12.2 Å². The highest BCUT2D eigenvalue weighted by molar-refractivity contribution is 5.92. The van der Waals surface area contributed by atoms with Crippen molar-refractivity contribution in [3.8, 4) is 0 Å². The zero-order valence-corrected chi connectivity index (χ0v) is 10.3. The van der Waals surface area contributed by atoms with Crippen LogP contribution in [0.4, 0.5) is 5.69 Å². The second kappa shape index (κ2) is 5.31. The van der Waals surface area contributed by atoms with Crippen molar-refractivity contribution in [2.24, 2.45) is 7.05 Å². The van der Waals surface area contributed by atoms with E-state index in [4.69, 9.17) is 0 Å². The minimum absolute atomic E-state index is 0.194. The Balaban J connectivity index is 2.03. The maximum atomic E-state index is 11.4. The Morgan fingerprint density at radius 1 is 1.50 bits per heavy atom. The summed E-state index contributed by atoms with van der Waals surface area (Å²) in [5, 5.41) is 9.85. The van der Waals surface area contributed by atoms with E-state index in [0.717, 1.165) is 11.3 Å². The van der Waals surface area contributed by atoms with Crippen LogP contribution in [-0.2, 0) is 13.6 Å². The van der Waals surface area contributed by atoms with Gasteiger partial charge in [-0.25, -0.2) is 0 Å². The number of anilines is 1. The number of pyridine rings is 1. The van der Waals surface area contributed by atoms with E-state index >= 15 is 0 Å². The maximum Gasteiger partial charge on any atom is 0.269 e. The monoisotopic (exact) mass is 245 g/mol. The molecule has 2 N–H and O–H groups in total. The summed E-state index contributed by atoms with van der Waals surface area (Å²) in [7, 11) is 3.46. The van der Waals surface area contributed by atoms with Crippen molar-refractivity contribution in [1.82, 2.24) is 20.1 Å². The average Bonchev–Trinajstić information content (AvgIpc) is 2.81. The molecule has 0 aliphatic carbocycles. The summed E-state index contributed by atoms with van der Waals surface area (Å²) in [6.45, 7) is 0.658. The SMILES string of the molecule is CNC(=O)c1cc(NCc2cnn(C)c2)ccn1. The smallest absolute Gasteiger partial charge is 0.269 e. The normalized spacial score (nSPS) is 10.1. The standard InChI is InChI=1S/C12H15N5O/c1-13-12(18)11-5-10(3-4-14-11)15-6-9-7-16-17(2)8-9/h3-5,7-8H,6H2,1-2H3,(H,13,18)(H,14,15). The number of hydrogen-bond donors (Lipinski definition) is 2. The molecule has 0 unspecified atom stereocenters. The molecule has 0 bridgehead atoms. The van der Waals surface area contributed by atoms with Crippen LogP contribution in [0.15, 0.2) is 30.7 Å². The first kappa shape index (κ1) is 12.1. The van der Waals surface area contributed by atoms with E-state index < -0.39 is 0 Å². The summed E-state index contributed by atoms with van der Waals surface area (Å²) in [5.74, 6) is -0.194. The summed E-state index contributed by atoms with van der Waals surface area (Å²) < 4.78 is 1.75. The van der Waals surface area contributed by atoms with Crippen molar-refractivity contribution >= 4 is 11.6 Å². The van der Waals surface area contributed by atoms with Gasteiger partial charge in [-0.3, -0.25) is 14.5 Å². The van der Waals surface area contributed by atoms with Crippen molar-refractivity contribution in [1.29, 1.82) is 0 Å². The van der Waals surface area contributed by atoms with Crippen LogP contribution in [0.1, 0.15) is 16.1 Å². The molecule has 2 rings (SSSR count). The molecule has 0 aliphatic heterocycles. The predicted octanol–water partition coefficient (Wildman–Crippen LogP) is 0.787. The van der Waals surface area contributed by atoms with E-state index in [-0.39, 0.29) is 5.91 Å². The number of aromatic nitrogens is 3. The van der Waals surface area contributed by atoms with Crippen LogP contribution in [0.2, 0.25) is 0 Å². The molecule has 6 nitrogen and oxygen atoms in total. The van der Waals surface area contributed by atoms with Gasteiger partial charge < -0.3 is 10.6 Å². The lowest BCUT2D eigenvalue weighted by atomic mass is 10.3. The van der Waals surface area contributed by atoms with Gasteiger partial charge in [0.25, 0.3) is 5.91 Å². The highest BCUT2D eigenvalue weighted by Gasteiger charge is 2.05. The van der Waals surface area contributed by atoms with E-state index in [1.54, 1.807) is 30.2 Å². The molecule has 0 spiro atoms. The lowest BCUT2D eigenvalue weighted by Crippen LogP contribution is -2.19. The number of aryl methyl sites for hydroxylation is 1. The van der Waals surface area contributed by atoms with Crippen LogP contribution in [0, 0.1) is 0 Å². The lowest BCUT2D eigenvalue weighted by molar-refractivity contribution is 0.0958. The minimum atomic E-state index is -0.194. The zero-order valence-electron chi connectivity index (χ0n) is 10.3. The minimum Gasteiger partial charge on any atom is -0.381 e. The van der Waals surface area contributed by atoms with Gasteiger partial charge in [0, 0.05) is 44.3 Å². The molecule has 0 aromatic carbocycles. The Labute approximate surface area is 105 Å². The number of hydrogen-bond acceptors (Lipinski definition) is 4. The molecule has 0 radical (unpaired) electrons. The predicted molar refractivity (Wildman–Crippen MR) is 68.2 cm³/mol. The second-order valence-corrected chi connectivity index (χ2v) is 3.88. The first-order valence-corrected chi connectivity index (χ1v) is 5.58. The summed E-state index contributed by atoms with van der Waals surface area (Å²) in [5.41, 5.74) is 2.33. The van der Waals surface area contributed by atoms with Crippen molar-refractivity contribution in [3.63, 3.8) is 0 Å². The molecule has 2 aromatic heterocycles. The van der Waals surface area contributed by atoms with Gasteiger partial charge in [-0.05, 0) is 12.1 Å². The van der Waals surface area contributed by atoms with E-state index in [2.05, 4.69) is 20.7 Å². The molecule has 2 heterocycles. The van der Waals surface area contributed by atoms with Crippen molar-refractivity contribution in [2.45, 2.75) is 6.54 Å². The number of amides is 1. The highest BCUT2D eigenvalue weighted by Crippen LogP contribution is 2.09. The average molecular weight is 245 g/mol. The summed E-state index contributed by atoms with van der Waals surface area (Å²) in [6.07, 6.45) is 5.35. The summed E-state index contributed by atoms with van der Waals surface area (Å²) in [6, 6.07) is 3.54. The van der Waals surface area contributed by atoms with Gasteiger partial charge in [0.05, 0.1) is 6.20 Å². The maximum absolute atomic E-state index is 11.4. The highest BCUT2D eigenvalue weighted by atomic mass is 16.1. The van der Waals surface area contributed by atoms with Gasteiger partial charge >= 0.3 is 0 Å². The number of nitrogens with one attached hydrogen (secondary N) is 2. The van der Waals surface area contributed by atoms with Gasteiger partial charge in [-0.15, -0.1) is 0 Å². The van der Waals surface area contributed by atoms with Gasteiger partial charge in [-0.2, -0.15) is 5.10 Å². The largest absolute Gasteiger partial charge is 0.381 e. The number of carbonyl (C=O) groups is 1. The lowest BCUT2D eigenvalue weighted by Gasteiger charge is -2.06. The van der Waals surface area contributed by atoms with Gasteiger partial charge in [0.2, 0.25) is 0 Å². The summed E-state index contributed by atoms with van der Waals surface area (Å²) >= 11 is 0. The Morgan fingerprint density at radius 3 is 3.00 bits per heavy atom. The fourth-order valence-corrected chi connectivity index (χ4v) is 1.56. The third-order valence-corrected chi connectivity index (χ3v) is 2.47. The Morgan fingerprint density at radius 2 is 2.33 bits per heavy atom. The van der Waals surface area contributed by atoms with Gasteiger partial charge in [0.1, 0.15) is 5.69 Å². The zero-order chi connectivity index (χ0) is 13.0. The molecule has 0 saturated heterocycles. The number of nitrogens with zero attached hydrogens (tertiary/aromatic N) is 3. The van der Waals surface area contributed by atoms with Gasteiger partial charge in [-0.1, -0.05) is 0 Å². The van der Waals surface area contributed by atoms with Gasteiger partial charge in [0.15, 0.2) is 0 Å². The summed E-state index contributed by atoms with van der Waals surface area (Å²) in [4.78, 5) is 15.4. The van der Waals surface area contributed by atoms with Crippen LogP contribution in [0.25, 0.3) is 0 Å². The molecular weight excluding hydrogens is 230 g/mol. The van der Waals surface area contributed by atoms with E-state index in [1.807, 2.05) is 19.3 Å². The molecule has 0 saturated carbocycles. The van der Waals surface area contributed by atoms with Crippen LogP contribution in [0.3, 0.4) is 0 Å². The van der Waals surface area contributed by atoms with Crippen molar-refractivity contribution in [3.05, 3.63) is 42.0 Å². The van der Waals surface area contributed by atoms with E-state index in [1.165, 1.54) is 0 Å². The van der Waals surface area contributed by atoms with Crippen molar-refractivity contribution < 1.29 is 4.79 Å².